The van der Waals surface area contributed by atoms with E-state index in [1.165, 1.54) is 6.26 Å². The van der Waals surface area contributed by atoms with Gasteiger partial charge in [-0.15, -0.1) is 0 Å². The molecule has 1 fully saturated rings. The maximum absolute atomic E-state index is 11.7. The Balaban J connectivity index is 1.72. The van der Waals surface area contributed by atoms with E-state index in [4.69, 9.17) is 4.74 Å². The van der Waals surface area contributed by atoms with Crippen molar-refractivity contribution in [3.05, 3.63) is 48.2 Å². The van der Waals surface area contributed by atoms with E-state index < -0.39 is 25.6 Å². The van der Waals surface area contributed by atoms with Crippen LogP contribution in [0.1, 0.15) is 18.5 Å². The molecule has 6 nitrogen and oxygen atoms in total. The van der Waals surface area contributed by atoms with Gasteiger partial charge < -0.3 is 0 Å². The fraction of sp³-hybridized carbons (Fsp3) is 0.286. The van der Waals surface area contributed by atoms with E-state index in [1.54, 1.807) is 24.3 Å². The van der Waals surface area contributed by atoms with Crippen LogP contribution in [0.4, 0.5) is 0 Å². The van der Waals surface area contributed by atoms with Gasteiger partial charge in [-0.25, -0.2) is 0 Å². The van der Waals surface area contributed by atoms with Crippen molar-refractivity contribution in [3.63, 3.8) is 0 Å². The Hall–Kier alpha value is -2.26. The van der Waals surface area contributed by atoms with Crippen LogP contribution in [0, 0.1) is 11.3 Å². The molecule has 0 aliphatic carbocycles. The first kappa shape index (κ1) is 20.0. The third-order valence-corrected chi connectivity index (χ3v) is 9.92. The molecule has 0 saturated carbocycles. The van der Waals surface area contributed by atoms with Gasteiger partial charge in [0.25, 0.3) is 0 Å². The number of rotatable bonds is 4. The Bertz CT molecular complexity index is 1200. The predicted molar refractivity (Wildman–Crippen MR) is 113 cm³/mol. The number of nitrogens with zero attached hydrogens (tertiary/aromatic N) is 3. The molecule has 1 unspecified atom stereocenters. The van der Waals surface area contributed by atoms with Crippen molar-refractivity contribution in [3.8, 4) is 17.2 Å². The van der Waals surface area contributed by atoms with Crippen molar-refractivity contribution in [2.75, 3.05) is 19.5 Å². The summed E-state index contributed by atoms with van der Waals surface area (Å²) >= 11 is -0.539. The summed E-state index contributed by atoms with van der Waals surface area (Å²) in [6.07, 6.45) is 3.28. The van der Waals surface area contributed by atoms with Gasteiger partial charge in [0.05, 0.1) is 0 Å². The van der Waals surface area contributed by atoms with Gasteiger partial charge in [-0.1, -0.05) is 0 Å². The molecule has 2 aromatic carbocycles. The minimum absolute atomic E-state index is 0.296. The molecule has 0 amide bonds. The van der Waals surface area contributed by atoms with E-state index in [0.717, 1.165) is 52.4 Å². The zero-order chi connectivity index (χ0) is 20.4. The van der Waals surface area contributed by atoms with Crippen LogP contribution < -0.4 is 4.35 Å². The van der Waals surface area contributed by atoms with Crippen molar-refractivity contribution in [1.29, 1.82) is 5.26 Å². The molecule has 1 saturated heterocycles. The first-order valence-electron chi connectivity index (χ1n) is 9.31. The van der Waals surface area contributed by atoms with Gasteiger partial charge in [-0.05, 0) is 0 Å². The second kappa shape index (κ2) is 8.23. The molecule has 29 heavy (non-hydrogen) atoms. The average Bonchev–Trinajstić information content (AvgIpc) is 2.74. The van der Waals surface area contributed by atoms with Crippen LogP contribution in [0.3, 0.4) is 0 Å². The molecule has 1 aliphatic heterocycles. The summed E-state index contributed by atoms with van der Waals surface area (Å²) in [5.74, 6) is 0. The average molecular weight is 469 g/mol. The van der Waals surface area contributed by atoms with Gasteiger partial charge in [0.2, 0.25) is 0 Å². The zero-order valence-corrected chi connectivity index (χ0v) is 18.8. The number of benzene rings is 2. The first-order valence-corrected chi connectivity index (χ1v) is 13.5. The summed E-state index contributed by atoms with van der Waals surface area (Å²) in [5, 5.41) is 19.0. The molecule has 0 N–H and O–H groups in total. The van der Waals surface area contributed by atoms with E-state index in [1.807, 2.05) is 18.2 Å². The van der Waals surface area contributed by atoms with Crippen molar-refractivity contribution >= 4 is 40.8 Å². The number of fused-ring (bicyclic) bond motifs is 1. The molecule has 3 aromatic rings. The van der Waals surface area contributed by atoms with Crippen LogP contribution in [-0.2, 0) is 14.6 Å². The fourth-order valence-corrected chi connectivity index (χ4v) is 7.32. The van der Waals surface area contributed by atoms with Crippen LogP contribution in [0.15, 0.2) is 47.4 Å². The Kier molecular flexibility index (Phi) is 5.69. The van der Waals surface area contributed by atoms with Crippen molar-refractivity contribution in [2.24, 2.45) is 0 Å². The molecule has 1 aromatic heterocycles. The molecule has 2 heterocycles. The second-order valence-electron chi connectivity index (χ2n) is 7.09. The number of ether oxygens (including phenoxy) is 1. The monoisotopic (exact) mass is 469 g/mol. The molecule has 4 rings (SSSR count). The normalized spacial score (nSPS) is 15.7. The quantitative estimate of drug-likeness (QED) is 0.545. The zero-order valence-electron chi connectivity index (χ0n) is 15.9. The van der Waals surface area contributed by atoms with E-state index in [9.17, 15) is 13.7 Å². The summed E-state index contributed by atoms with van der Waals surface area (Å²) in [5.41, 5.74) is 3.05. The standard InChI is InChI=1S/C21H20AsN3O3S/c1-29(26,27)17-5-2-14(3-6-17)15-4-7-18-19(12-15)24-25-20(13-23)21(18)22-16-8-10-28-11-9-16/h2-7,12,16,22H,8-11H2,1H3. The number of sulfone groups is 1. The van der Waals surface area contributed by atoms with Gasteiger partial charge in [0.15, 0.2) is 0 Å². The van der Waals surface area contributed by atoms with E-state index in [0.29, 0.717) is 15.3 Å². The van der Waals surface area contributed by atoms with Crippen LogP contribution in [0.25, 0.3) is 22.0 Å². The van der Waals surface area contributed by atoms with Gasteiger partial charge in [-0.2, -0.15) is 0 Å². The van der Waals surface area contributed by atoms with E-state index in [-0.39, 0.29) is 0 Å². The molecule has 148 valence electrons. The maximum atomic E-state index is 11.7. The first-order chi connectivity index (χ1) is 14.0. The van der Waals surface area contributed by atoms with Gasteiger partial charge >= 0.3 is 177 Å². The minimum atomic E-state index is -3.22. The molecular formula is C21H20AsN3O3S. The summed E-state index contributed by atoms with van der Waals surface area (Å²) < 4.78 is 30.5. The van der Waals surface area contributed by atoms with Crippen LogP contribution in [0.2, 0.25) is 4.71 Å². The van der Waals surface area contributed by atoms with Crippen LogP contribution in [-0.4, -0.2) is 53.8 Å². The topological polar surface area (TPSA) is 92.9 Å². The molecule has 8 heteroatoms. The Morgan fingerprint density at radius 1 is 1.07 bits per heavy atom. The molecule has 0 radical (unpaired) electrons. The number of nitriles is 1. The van der Waals surface area contributed by atoms with Gasteiger partial charge in [0, 0.05) is 0 Å². The number of hydrogen-bond donors (Lipinski definition) is 0. The van der Waals surface area contributed by atoms with E-state index >= 15 is 0 Å². The van der Waals surface area contributed by atoms with Crippen molar-refractivity contribution in [1.82, 2.24) is 10.2 Å². The third kappa shape index (κ3) is 4.35. The Morgan fingerprint density at radius 3 is 2.41 bits per heavy atom. The Morgan fingerprint density at radius 2 is 1.76 bits per heavy atom. The summed E-state index contributed by atoms with van der Waals surface area (Å²) in [6, 6.07) is 15.0. The van der Waals surface area contributed by atoms with E-state index in [2.05, 4.69) is 16.3 Å². The SMILES string of the molecule is CS(=O)(=O)c1ccc(-c2ccc3c([AsH]C4CCOCC4)c(C#N)nnc3c2)cc1. The van der Waals surface area contributed by atoms with Crippen molar-refractivity contribution in [2.45, 2.75) is 22.4 Å². The molecule has 1 atom stereocenters. The fourth-order valence-electron chi connectivity index (χ4n) is 3.45. The van der Waals surface area contributed by atoms with Crippen LogP contribution >= 0.6 is 0 Å². The second-order valence-corrected chi connectivity index (χ2v) is 12.5. The summed E-state index contributed by atoms with van der Waals surface area (Å²) in [4.78, 5) is 0.296. The van der Waals surface area contributed by atoms with Gasteiger partial charge in [-0.3, -0.25) is 0 Å². The summed E-state index contributed by atoms with van der Waals surface area (Å²) in [6.45, 7) is 1.58. The molecular weight excluding hydrogens is 449 g/mol. The molecule has 0 bridgehead atoms. The third-order valence-electron chi connectivity index (χ3n) is 5.05. The molecule has 0 spiro atoms. The molecule has 1 aliphatic rings. The van der Waals surface area contributed by atoms with Crippen LogP contribution in [0.5, 0.6) is 0 Å². The van der Waals surface area contributed by atoms with Gasteiger partial charge in [0.1, 0.15) is 0 Å². The predicted octanol–water partition coefficient (Wildman–Crippen LogP) is 2.23. The van der Waals surface area contributed by atoms with Crippen molar-refractivity contribution < 1.29 is 13.2 Å². The number of aromatic nitrogens is 2. The summed E-state index contributed by atoms with van der Waals surface area (Å²) in [7, 11) is -3.22. The Labute approximate surface area is 176 Å². The number of hydrogen-bond acceptors (Lipinski definition) is 6.